The van der Waals surface area contributed by atoms with Crippen LogP contribution in [0.4, 0.5) is 0 Å². The number of fused-ring (bicyclic) bond motifs is 3. The van der Waals surface area contributed by atoms with Crippen LogP contribution in [0.5, 0.6) is 5.75 Å². The predicted octanol–water partition coefficient (Wildman–Crippen LogP) is 2.65. The van der Waals surface area contributed by atoms with Crippen molar-refractivity contribution >= 4 is 21.7 Å². The van der Waals surface area contributed by atoms with E-state index in [-0.39, 0.29) is 11.3 Å². The Hall–Kier alpha value is -2.29. The molecule has 1 aromatic heterocycles. The molecule has 0 aliphatic heterocycles. The molecule has 0 saturated carbocycles. The third kappa shape index (κ3) is 1.11. The van der Waals surface area contributed by atoms with Gasteiger partial charge in [-0.15, -0.1) is 0 Å². The highest BCUT2D eigenvalue weighted by Gasteiger charge is 2.08. The number of aromatic hydroxyl groups is 1. The number of benzene rings is 2. The summed E-state index contributed by atoms with van der Waals surface area (Å²) < 4.78 is 5.10. The minimum absolute atomic E-state index is 0.0136. The Bertz CT molecular complexity index is 741. The zero-order valence-electron chi connectivity index (χ0n) is 8.31. The Morgan fingerprint density at radius 3 is 2.38 bits per heavy atom. The van der Waals surface area contributed by atoms with Gasteiger partial charge in [0.1, 0.15) is 0 Å². The van der Waals surface area contributed by atoms with Crippen LogP contribution in [0.25, 0.3) is 21.7 Å². The first-order valence-electron chi connectivity index (χ1n) is 4.91. The highest BCUT2D eigenvalue weighted by atomic mass is 16.4. The molecule has 0 aliphatic rings. The molecule has 16 heavy (non-hydrogen) atoms. The van der Waals surface area contributed by atoms with Crippen LogP contribution in [0.3, 0.4) is 0 Å². The maximum absolute atomic E-state index is 11.7. The van der Waals surface area contributed by atoms with E-state index in [0.717, 1.165) is 10.8 Å². The molecular weight excluding hydrogens is 204 g/mol. The maximum Gasteiger partial charge on any atom is 0.344 e. The van der Waals surface area contributed by atoms with Crippen molar-refractivity contribution in [2.75, 3.05) is 0 Å². The molecule has 2 aromatic carbocycles. The molecule has 1 heterocycles. The zero-order chi connectivity index (χ0) is 11.1. The van der Waals surface area contributed by atoms with E-state index < -0.39 is 5.63 Å². The summed E-state index contributed by atoms with van der Waals surface area (Å²) in [6, 6.07) is 12.2. The highest BCUT2D eigenvalue weighted by molar-refractivity contribution is 6.05. The van der Waals surface area contributed by atoms with Crippen molar-refractivity contribution in [2.24, 2.45) is 0 Å². The minimum atomic E-state index is -0.426. The largest absolute Gasteiger partial charge is 0.504 e. The Kier molecular flexibility index (Phi) is 1.74. The van der Waals surface area contributed by atoms with Gasteiger partial charge in [0.2, 0.25) is 0 Å². The second kappa shape index (κ2) is 3.10. The molecule has 0 atom stereocenters. The number of hydrogen-bond acceptors (Lipinski definition) is 3. The third-order valence-corrected chi connectivity index (χ3v) is 2.63. The minimum Gasteiger partial charge on any atom is -0.504 e. The number of phenols is 1. The van der Waals surface area contributed by atoms with Crippen molar-refractivity contribution in [3.05, 3.63) is 52.9 Å². The van der Waals surface area contributed by atoms with Gasteiger partial charge in [-0.25, -0.2) is 4.79 Å². The average molecular weight is 212 g/mol. The van der Waals surface area contributed by atoms with Gasteiger partial charge in [0.15, 0.2) is 11.3 Å². The summed E-state index contributed by atoms with van der Waals surface area (Å²) in [6.07, 6.45) is 0. The second-order valence-corrected chi connectivity index (χ2v) is 3.59. The summed E-state index contributed by atoms with van der Waals surface area (Å²) in [6.45, 7) is 0. The predicted molar refractivity (Wildman–Crippen MR) is 61.7 cm³/mol. The Morgan fingerprint density at radius 1 is 0.875 bits per heavy atom. The van der Waals surface area contributed by atoms with Crippen LogP contribution in [-0.4, -0.2) is 5.11 Å². The lowest BCUT2D eigenvalue weighted by Crippen LogP contribution is -1.99. The van der Waals surface area contributed by atoms with Crippen molar-refractivity contribution < 1.29 is 9.52 Å². The van der Waals surface area contributed by atoms with Gasteiger partial charge >= 0.3 is 5.63 Å². The Morgan fingerprint density at radius 2 is 1.56 bits per heavy atom. The lowest BCUT2D eigenvalue weighted by Gasteiger charge is -2.02. The Labute approximate surface area is 90.6 Å². The van der Waals surface area contributed by atoms with Gasteiger partial charge in [0, 0.05) is 10.8 Å². The van der Waals surface area contributed by atoms with E-state index in [1.54, 1.807) is 18.2 Å². The normalized spacial score (nSPS) is 11.0. The molecule has 1 N–H and O–H groups in total. The molecule has 0 bridgehead atoms. The molecular formula is C13H8O3. The second-order valence-electron chi connectivity index (χ2n) is 3.59. The lowest BCUT2D eigenvalue weighted by atomic mass is 10.1. The highest BCUT2D eigenvalue weighted by Crippen LogP contribution is 2.28. The number of hydrogen-bond donors (Lipinski definition) is 1. The topological polar surface area (TPSA) is 50.4 Å². The molecule has 0 spiro atoms. The summed E-state index contributed by atoms with van der Waals surface area (Å²) in [4.78, 5) is 11.7. The fourth-order valence-electron chi connectivity index (χ4n) is 1.89. The quantitative estimate of drug-likeness (QED) is 0.460. The van der Waals surface area contributed by atoms with E-state index in [4.69, 9.17) is 4.42 Å². The molecule has 0 amide bonds. The lowest BCUT2D eigenvalue weighted by molar-refractivity contribution is 0.458. The summed E-state index contributed by atoms with van der Waals surface area (Å²) in [7, 11) is 0. The first kappa shape index (κ1) is 8.97. The van der Waals surface area contributed by atoms with Gasteiger partial charge in [-0.05, 0) is 12.1 Å². The van der Waals surface area contributed by atoms with Gasteiger partial charge in [0.05, 0.1) is 5.39 Å². The Balaban J connectivity index is 2.70. The monoisotopic (exact) mass is 212 g/mol. The third-order valence-electron chi connectivity index (χ3n) is 2.63. The smallest absolute Gasteiger partial charge is 0.344 e. The summed E-state index contributed by atoms with van der Waals surface area (Å²) in [5, 5.41) is 11.7. The molecule has 3 aromatic rings. The van der Waals surface area contributed by atoms with Crippen molar-refractivity contribution in [3.8, 4) is 5.75 Å². The molecule has 0 fully saturated rings. The number of para-hydroxylation sites is 1. The fraction of sp³-hybridized carbons (Fsp3) is 0. The van der Waals surface area contributed by atoms with Crippen LogP contribution >= 0.6 is 0 Å². The van der Waals surface area contributed by atoms with E-state index in [1.807, 2.05) is 18.2 Å². The van der Waals surface area contributed by atoms with E-state index in [9.17, 15) is 9.90 Å². The van der Waals surface area contributed by atoms with Crippen LogP contribution in [0.1, 0.15) is 0 Å². The SMILES string of the molecule is O=c1oc2c(O)cccc2c2ccccc12. The molecule has 3 rings (SSSR count). The molecule has 78 valence electrons. The summed E-state index contributed by atoms with van der Waals surface area (Å²) in [5.41, 5.74) is -0.184. The van der Waals surface area contributed by atoms with Crippen molar-refractivity contribution in [1.29, 1.82) is 0 Å². The van der Waals surface area contributed by atoms with Crippen molar-refractivity contribution in [3.63, 3.8) is 0 Å². The summed E-state index contributed by atoms with van der Waals surface area (Å²) >= 11 is 0. The van der Waals surface area contributed by atoms with Crippen LogP contribution < -0.4 is 5.63 Å². The molecule has 3 nitrogen and oxygen atoms in total. The molecule has 0 saturated heterocycles. The van der Waals surface area contributed by atoms with Crippen LogP contribution in [-0.2, 0) is 0 Å². The van der Waals surface area contributed by atoms with Gasteiger partial charge in [-0.2, -0.15) is 0 Å². The van der Waals surface area contributed by atoms with Crippen molar-refractivity contribution in [1.82, 2.24) is 0 Å². The molecule has 0 unspecified atom stereocenters. The van der Waals surface area contributed by atoms with Crippen LogP contribution in [0, 0.1) is 0 Å². The van der Waals surface area contributed by atoms with Gasteiger partial charge < -0.3 is 9.52 Å². The van der Waals surface area contributed by atoms with Gasteiger partial charge in [-0.3, -0.25) is 0 Å². The maximum atomic E-state index is 11.7. The summed E-state index contributed by atoms with van der Waals surface area (Å²) in [5.74, 6) is -0.0136. The first-order chi connectivity index (χ1) is 7.77. The van der Waals surface area contributed by atoms with Crippen molar-refractivity contribution in [2.45, 2.75) is 0 Å². The molecule has 3 heteroatoms. The van der Waals surface area contributed by atoms with Gasteiger partial charge in [-0.1, -0.05) is 30.3 Å². The van der Waals surface area contributed by atoms with Crippen LogP contribution in [0.15, 0.2) is 51.7 Å². The fourth-order valence-corrected chi connectivity index (χ4v) is 1.89. The first-order valence-corrected chi connectivity index (χ1v) is 4.91. The van der Waals surface area contributed by atoms with E-state index >= 15 is 0 Å². The average Bonchev–Trinajstić information content (AvgIpc) is 2.31. The number of rotatable bonds is 0. The van der Waals surface area contributed by atoms with Gasteiger partial charge in [0.25, 0.3) is 0 Å². The standard InChI is InChI=1S/C13H8O3/c14-11-7-3-6-9-8-4-1-2-5-10(8)13(15)16-12(9)11/h1-7,14H. The zero-order valence-corrected chi connectivity index (χ0v) is 8.31. The van der Waals surface area contributed by atoms with E-state index in [1.165, 1.54) is 6.07 Å². The van der Waals surface area contributed by atoms with E-state index in [2.05, 4.69) is 0 Å². The van der Waals surface area contributed by atoms with Crippen LogP contribution in [0.2, 0.25) is 0 Å². The molecule has 0 radical (unpaired) electrons. The molecule has 0 aliphatic carbocycles. The van der Waals surface area contributed by atoms with E-state index in [0.29, 0.717) is 5.39 Å². The number of phenolic OH excluding ortho intramolecular Hbond substituents is 1.